The highest BCUT2D eigenvalue weighted by molar-refractivity contribution is 5.50. The average molecular weight is 249 g/mol. The average Bonchev–Trinajstić information content (AvgIpc) is 2.57. The zero-order chi connectivity index (χ0) is 13.1. The molecule has 1 aliphatic rings. The minimum absolute atomic E-state index is 0.532. The molecule has 0 atom stereocenters. The van der Waals surface area contributed by atoms with Gasteiger partial charge in [-0.05, 0) is 39.4 Å². The molecule has 0 spiro atoms. The number of hydrogen-bond acceptors (Lipinski definition) is 5. The molecule has 1 aliphatic heterocycles. The van der Waals surface area contributed by atoms with Crippen LogP contribution in [0.15, 0.2) is 0 Å². The van der Waals surface area contributed by atoms with E-state index in [1.165, 1.54) is 5.56 Å². The lowest BCUT2D eigenvalue weighted by molar-refractivity contribution is 0.360. The number of nitrogens with zero attached hydrogens (tertiary/aromatic N) is 4. The topological polar surface area (TPSA) is 58.3 Å². The Morgan fingerprint density at radius 3 is 2.61 bits per heavy atom. The molecule has 2 rings (SSSR count). The summed E-state index contributed by atoms with van der Waals surface area (Å²) in [5, 5.41) is 8.63. The van der Waals surface area contributed by atoms with Crippen molar-refractivity contribution in [1.82, 2.24) is 15.1 Å². The van der Waals surface area contributed by atoms with E-state index in [-0.39, 0.29) is 0 Å². The second-order valence-corrected chi connectivity index (χ2v) is 5.06. The van der Waals surface area contributed by atoms with Crippen LogP contribution in [0, 0.1) is 13.8 Å². The van der Waals surface area contributed by atoms with Gasteiger partial charge >= 0.3 is 0 Å². The van der Waals surface area contributed by atoms with E-state index in [2.05, 4.69) is 34.0 Å². The monoisotopic (exact) mass is 249 g/mol. The maximum absolute atomic E-state index is 5.89. The Morgan fingerprint density at radius 1 is 1.11 bits per heavy atom. The summed E-state index contributed by atoms with van der Waals surface area (Å²) < 4.78 is 0. The van der Waals surface area contributed by atoms with Crippen molar-refractivity contribution in [3.63, 3.8) is 0 Å². The van der Waals surface area contributed by atoms with Gasteiger partial charge in [-0.15, -0.1) is 5.10 Å². The van der Waals surface area contributed by atoms with Gasteiger partial charge in [-0.1, -0.05) is 0 Å². The van der Waals surface area contributed by atoms with E-state index in [0.29, 0.717) is 6.54 Å². The molecule has 5 heteroatoms. The van der Waals surface area contributed by atoms with Gasteiger partial charge in [-0.2, -0.15) is 5.10 Å². The molecule has 100 valence electrons. The predicted molar refractivity (Wildman–Crippen MR) is 73.7 cm³/mol. The minimum atomic E-state index is 0.532. The van der Waals surface area contributed by atoms with Crippen molar-refractivity contribution in [3.8, 4) is 0 Å². The number of hydrogen-bond donors (Lipinski definition) is 1. The third-order valence-corrected chi connectivity index (χ3v) is 3.78. The molecule has 0 amide bonds. The number of likely N-dealkylation sites (N-methyl/N-ethyl adjacent to an activating group) is 1. The summed E-state index contributed by atoms with van der Waals surface area (Å²) in [7, 11) is 2.17. The van der Waals surface area contributed by atoms with Crippen molar-refractivity contribution in [2.24, 2.45) is 5.73 Å². The van der Waals surface area contributed by atoms with E-state index in [0.717, 1.165) is 49.7 Å². The molecule has 2 heterocycles. The highest BCUT2D eigenvalue weighted by atomic mass is 15.3. The van der Waals surface area contributed by atoms with E-state index >= 15 is 0 Å². The number of anilines is 1. The normalized spacial score (nSPS) is 17.9. The first-order chi connectivity index (χ1) is 8.63. The van der Waals surface area contributed by atoms with E-state index < -0.39 is 0 Å². The number of aromatic nitrogens is 2. The van der Waals surface area contributed by atoms with Gasteiger partial charge in [0.15, 0.2) is 5.82 Å². The van der Waals surface area contributed by atoms with Gasteiger partial charge in [-0.3, -0.25) is 0 Å². The lowest BCUT2D eigenvalue weighted by Gasteiger charge is -2.24. The Bertz CT molecular complexity index is 418. The Morgan fingerprint density at radius 2 is 1.89 bits per heavy atom. The summed E-state index contributed by atoms with van der Waals surface area (Å²) in [5.41, 5.74) is 9.19. The van der Waals surface area contributed by atoms with E-state index in [1.807, 2.05) is 6.92 Å². The first kappa shape index (κ1) is 13.2. The molecule has 0 saturated carbocycles. The Kier molecular flexibility index (Phi) is 4.14. The standard InChI is InChI=1S/C13H23N5/c1-10-11(2)15-16-13(12(10)9-14)18-6-4-5-17(3)7-8-18/h4-9,14H2,1-3H3. The van der Waals surface area contributed by atoms with Crippen molar-refractivity contribution in [3.05, 3.63) is 16.8 Å². The predicted octanol–water partition coefficient (Wildman–Crippen LogP) is 0.694. The smallest absolute Gasteiger partial charge is 0.156 e. The lowest BCUT2D eigenvalue weighted by Crippen LogP contribution is -2.31. The molecule has 1 fully saturated rings. The Hall–Kier alpha value is -1.20. The fraction of sp³-hybridized carbons (Fsp3) is 0.692. The van der Waals surface area contributed by atoms with Crippen molar-refractivity contribution in [1.29, 1.82) is 0 Å². The summed E-state index contributed by atoms with van der Waals surface area (Å²) in [6.45, 7) is 8.85. The quantitative estimate of drug-likeness (QED) is 0.836. The van der Waals surface area contributed by atoms with Crippen LogP contribution >= 0.6 is 0 Å². The van der Waals surface area contributed by atoms with Crippen LogP contribution in [0.1, 0.15) is 23.2 Å². The molecule has 1 aromatic heterocycles. The van der Waals surface area contributed by atoms with E-state index in [9.17, 15) is 0 Å². The zero-order valence-electron chi connectivity index (χ0n) is 11.6. The maximum atomic E-state index is 5.89. The summed E-state index contributed by atoms with van der Waals surface area (Å²) in [6, 6.07) is 0. The van der Waals surface area contributed by atoms with Gasteiger partial charge in [0.05, 0.1) is 5.69 Å². The van der Waals surface area contributed by atoms with Crippen LogP contribution in [0.25, 0.3) is 0 Å². The lowest BCUT2D eigenvalue weighted by atomic mass is 10.1. The summed E-state index contributed by atoms with van der Waals surface area (Å²) in [5.74, 6) is 0.982. The zero-order valence-corrected chi connectivity index (χ0v) is 11.6. The Balaban J connectivity index is 2.29. The highest BCUT2D eigenvalue weighted by Crippen LogP contribution is 2.22. The van der Waals surface area contributed by atoms with Crippen LogP contribution in [0.4, 0.5) is 5.82 Å². The summed E-state index contributed by atoms with van der Waals surface area (Å²) in [6.07, 6.45) is 1.16. The summed E-state index contributed by atoms with van der Waals surface area (Å²) in [4.78, 5) is 4.68. The highest BCUT2D eigenvalue weighted by Gasteiger charge is 2.18. The maximum Gasteiger partial charge on any atom is 0.156 e. The van der Waals surface area contributed by atoms with Gasteiger partial charge < -0.3 is 15.5 Å². The van der Waals surface area contributed by atoms with Gasteiger partial charge in [0.2, 0.25) is 0 Å². The number of rotatable bonds is 2. The molecular weight excluding hydrogens is 226 g/mol. The number of aryl methyl sites for hydroxylation is 1. The molecule has 0 radical (unpaired) electrons. The molecule has 2 N–H and O–H groups in total. The van der Waals surface area contributed by atoms with Crippen LogP contribution < -0.4 is 10.6 Å². The van der Waals surface area contributed by atoms with Gasteiger partial charge in [0, 0.05) is 31.7 Å². The second kappa shape index (κ2) is 5.63. The number of nitrogens with two attached hydrogens (primary N) is 1. The third-order valence-electron chi connectivity index (χ3n) is 3.78. The fourth-order valence-electron chi connectivity index (χ4n) is 2.40. The third kappa shape index (κ3) is 2.62. The van der Waals surface area contributed by atoms with Crippen molar-refractivity contribution < 1.29 is 0 Å². The molecule has 0 bridgehead atoms. The van der Waals surface area contributed by atoms with Crippen LogP contribution in [-0.2, 0) is 6.54 Å². The molecule has 1 aromatic rings. The molecule has 5 nitrogen and oxygen atoms in total. The Labute approximate surface area is 109 Å². The van der Waals surface area contributed by atoms with Crippen LogP contribution in [0.2, 0.25) is 0 Å². The van der Waals surface area contributed by atoms with E-state index in [1.54, 1.807) is 0 Å². The summed E-state index contributed by atoms with van der Waals surface area (Å²) >= 11 is 0. The molecular formula is C13H23N5. The SMILES string of the molecule is Cc1nnc(N2CCCN(C)CC2)c(CN)c1C. The van der Waals surface area contributed by atoms with Crippen LogP contribution in [-0.4, -0.2) is 48.3 Å². The van der Waals surface area contributed by atoms with Crippen LogP contribution in [0.5, 0.6) is 0 Å². The first-order valence-corrected chi connectivity index (χ1v) is 6.59. The van der Waals surface area contributed by atoms with Crippen molar-refractivity contribution in [2.75, 3.05) is 38.1 Å². The van der Waals surface area contributed by atoms with Crippen molar-refractivity contribution in [2.45, 2.75) is 26.8 Å². The molecule has 0 aliphatic carbocycles. The van der Waals surface area contributed by atoms with Gasteiger partial charge in [0.1, 0.15) is 0 Å². The van der Waals surface area contributed by atoms with Gasteiger partial charge in [0.25, 0.3) is 0 Å². The first-order valence-electron chi connectivity index (χ1n) is 6.59. The molecule has 18 heavy (non-hydrogen) atoms. The molecule has 0 aromatic carbocycles. The molecule has 1 saturated heterocycles. The van der Waals surface area contributed by atoms with E-state index in [4.69, 9.17) is 5.73 Å². The fourth-order valence-corrected chi connectivity index (χ4v) is 2.40. The minimum Gasteiger partial charge on any atom is -0.354 e. The largest absolute Gasteiger partial charge is 0.354 e. The van der Waals surface area contributed by atoms with Crippen molar-refractivity contribution >= 4 is 5.82 Å². The van der Waals surface area contributed by atoms with Gasteiger partial charge in [-0.25, -0.2) is 0 Å². The second-order valence-electron chi connectivity index (χ2n) is 5.06. The van der Waals surface area contributed by atoms with Crippen LogP contribution in [0.3, 0.4) is 0 Å². The molecule has 0 unspecified atom stereocenters.